The van der Waals surface area contributed by atoms with Crippen molar-refractivity contribution in [3.05, 3.63) is 40.2 Å². The maximum atomic E-state index is 12.6. The number of nitrogens with zero attached hydrogens (tertiary/aromatic N) is 3. The Hall–Kier alpha value is -1.66. The number of fused-ring (bicyclic) bond motifs is 1. The van der Waals surface area contributed by atoms with E-state index in [0.717, 1.165) is 44.0 Å². The molecule has 2 fully saturated rings. The number of rotatable bonds is 3. The molecule has 0 saturated carbocycles. The van der Waals surface area contributed by atoms with Crippen LogP contribution in [0.3, 0.4) is 0 Å². The summed E-state index contributed by atoms with van der Waals surface area (Å²) in [6.45, 7) is 4.67. The Kier molecular flexibility index (Phi) is 3.50. The number of aryl methyl sites for hydroxylation is 1. The Morgan fingerprint density at radius 3 is 2.95 bits per heavy atom. The van der Waals surface area contributed by atoms with Gasteiger partial charge in [-0.3, -0.25) is 9.69 Å². The van der Waals surface area contributed by atoms with E-state index in [-0.39, 0.29) is 5.91 Å². The second-order valence-corrected chi connectivity index (χ2v) is 6.79. The number of aromatic nitrogens is 1. The first-order chi connectivity index (χ1) is 10.7. The third-order valence-electron chi connectivity index (χ3n) is 4.76. The molecule has 1 amide bonds. The van der Waals surface area contributed by atoms with E-state index >= 15 is 0 Å². The number of carbonyl (C=O) groups is 1. The Bertz CT molecular complexity index is 667. The van der Waals surface area contributed by atoms with Crippen LogP contribution in [0.2, 0.25) is 0 Å². The number of thiazole rings is 1. The Morgan fingerprint density at radius 1 is 1.36 bits per heavy atom. The molecular formula is C16H19N3O2S. The lowest BCUT2D eigenvalue weighted by molar-refractivity contribution is 0.0726. The van der Waals surface area contributed by atoms with E-state index in [1.165, 1.54) is 11.3 Å². The molecule has 2 aliphatic rings. The number of carbonyl (C=O) groups excluding carboxylic acids is 1. The molecule has 22 heavy (non-hydrogen) atoms. The summed E-state index contributed by atoms with van der Waals surface area (Å²) in [6, 6.07) is 4.84. The maximum Gasteiger partial charge on any atom is 0.273 e. The number of amides is 1. The van der Waals surface area contributed by atoms with Gasteiger partial charge >= 0.3 is 0 Å². The van der Waals surface area contributed by atoms with E-state index in [0.29, 0.717) is 17.8 Å². The van der Waals surface area contributed by atoms with Crippen LogP contribution >= 0.6 is 11.3 Å². The summed E-state index contributed by atoms with van der Waals surface area (Å²) in [5.74, 6) is 2.06. The molecule has 6 heteroatoms. The van der Waals surface area contributed by atoms with E-state index in [2.05, 4.69) is 16.0 Å². The average Bonchev–Trinajstić information content (AvgIpc) is 3.24. The van der Waals surface area contributed by atoms with Crippen molar-refractivity contribution in [1.29, 1.82) is 0 Å². The lowest BCUT2D eigenvalue weighted by Crippen LogP contribution is -2.39. The quantitative estimate of drug-likeness (QED) is 0.873. The third kappa shape index (κ3) is 2.36. The molecule has 0 aromatic carbocycles. The van der Waals surface area contributed by atoms with Crippen molar-refractivity contribution < 1.29 is 9.21 Å². The number of hydrogen-bond acceptors (Lipinski definition) is 5. The standard InChI is InChI=1S/C16H19N3O2S/c1-11-2-3-12(21-11)8-18-6-4-15-14(18)5-7-19(15)16(20)13-9-22-10-17-13/h2-3,9-10,14-15H,4-8H2,1H3/t14-,15+/m1/s1. The maximum absolute atomic E-state index is 12.6. The lowest BCUT2D eigenvalue weighted by atomic mass is 10.1. The van der Waals surface area contributed by atoms with Crippen molar-refractivity contribution in [2.24, 2.45) is 0 Å². The zero-order valence-corrected chi connectivity index (χ0v) is 13.4. The summed E-state index contributed by atoms with van der Waals surface area (Å²) in [4.78, 5) is 21.2. The first kappa shape index (κ1) is 14.0. The number of hydrogen-bond donors (Lipinski definition) is 0. The van der Waals surface area contributed by atoms with Gasteiger partial charge in [0.15, 0.2) is 0 Å². The molecule has 2 atom stereocenters. The fraction of sp³-hybridized carbons (Fsp3) is 0.500. The second-order valence-electron chi connectivity index (χ2n) is 6.07. The fourth-order valence-corrected chi connectivity index (χ4v) is 4.29. The zero-order valence-electron chi connectivity index (χ0n) is 12.6. The summed E-state index contributed by atoms with van der Waals surface area (Å²) < 4.78 is 5.70. The minimum Gasteiger partial charge on any atom is -0.465 e. The second kappa shape index (κ2) is 5.52. The predicted octanol–water partition coefficient (Wildman–Crippen LogP) is 2.53. The highest BCUT2D eigenvalue weighted by Gasteiger charge is 2.44. The molecule has 4 heterocycles. The van der Waals surface area contributed by atoms with Crippen LogP contribution in [-0.2, 0) is 6.54 Å². The highest BCUT2D eigenvalue weighted by molar-refractivity contribution is 7.07. The van der Waals surface area contributed by atoms with Gasteiger partial charge < -0.3 is 9.32 Å². The van der Waals surface area contributed by atoms with E-state index in [1.54, 1.807) is 5.51 Å². The smallest absolute Gasteiger partial charge is 0.273 e. The van der Waals surface area contributed by atoms with Gasteiger partial charge in [0.05, 0.1) is 12.1 Å². The third-order valence-corrected chi connectivity index (χ3v) is 5.35. The monoisotopic (exact) mass is 317 g/mol. The van der Waals surface area contributed by atoms with Crippen LogP contribution in [0.5, 0.6) is 0 Å². The van der Waals surface area contributed by atoms with Crippen LogP contribution in [0.4, 0.5) is 0 Å². The normalized spacial score (nSPS) is 24.9. The Balaban J connectivity index is 1.46. The Morgan fingerprint density at radius 2 is 2.23 bits per heavy atom. The lowest BCUT2D eigenvalue weighted by Gasteiger charge is -2.24. The van der Waals surface area contributed by atoms with E-state index in [9.17, 15) is 4.79 Å². The van der Waals surface area contributed by atoms with Crippen LogP contribution in [0, 0.1) is 6.92 Å². The molecule has 2 aliphatic heterocycles. The minimum atomic E-state index is 0.0874. The molecule has 2 aromatic rings. The molecule has 0 radical (unpaired) electrons. The largest absolute Gasteiger partial charge is 0.465 e. The Labute approximate surface area is 133 Å². The van der Waals surface area contributed by atoms with Crippen molar-refractivity contribution in [2.75, 3.05) is 13.1 Å². The topological polar surface area (TPSA) is 49.6 Å². The molecular weight excluding hydrogens is 298 g/mol. The highest BCUT2D eigenvalue weighted by Crippen LogP contribution is 2.33. The molecule has 0 unspecified atom stereocenters. The molecule has 4 rings (SSSR count). The SMILES string of the molecule is Cc1ccc(CN2CC[C@H]3[C@H]2CCN3C(=O)c2cscn2)o1. The molecule has 0 bridgehead atoms. The van der Waals surface area contributed by atoms with Crippen molar-refractivity contribution in [2.45, 2.75) is 38.4 Å². The molecule has 5 nitrogen and oxygen atoms in total. The number of likely N-dealkylation sites (tertiary alicyclic amines) is 2. The zero-order chi connectivity index (χ0) is 15.1. The van der Waals surface area contributed by atoms with Gasteiger partial charge in [0, 0.05) is 30.6 Å². The molecule has 2 saturated heterocycles. The minimum absolute atomic E-state index is 0.0874. The summed E-state index contributed by atoms with van der Waals surface area (Å²) in [5, 5.41) is 1.84. The van der Waals surface area contributed by atoms with Gasteiger partial charge in [0.1, 0.15) is 17.2 Å². The van der Waals surface area contributed by atoms with Gasteiger partial charge in [-0.25, -0.2) is 4.98 Å². The summed E-state index contributed by atoms with van der Waals surface area (Å²) in [6.07, 6.45) is 2.08. The first-order valence-corrected chi connectivity index (χ1v) is 8.65. The van der Waals surface area contributed by atoms with E-state index in [4.69, 9.17) is 4.42 Å². The molecule has 0 aliphatic carbocycles. The van der Waals surface area contributed by atoms with E-state index < -0.39 is 0 Å². The van der Waals surface area contributed by atoms with Crippen LogP contribution in [0.25, 0.3) is 0 Å². The van der Waals surface area contributed by atoms with Crippen molar-refractivity contribution in [3.63, 3.8) is 0 Å². The number of furan rings is 1. The van der Waals surface area contributed by atoms with Gasteiger partial charge in [0.25, 0.3) is 5.91 Å². The van der Waals surface area contributed by atoms with Crippen molar-refractivity contribution >= 4 is 17.2 Å². The van der Waals surface area contributed by atoms with E-state index in [1.807, 2.05) is 23.3 Å². The van der Waals surface area contributed by atoms with Gasteiger partial charge in [-0.05, 0) is 31.9 Å². The molecule has 116 valence electrons. The molecule has 2 aromatic heterocycles. The summed E-state index contributed by atoms with van der Waals surface area (Å²) >= 11 is 1.48. The predicted molar refractivity (Wildman–Crippen MR) is 83.8 cm³/mol. The van der Waals surface area contributed by atoms with Crippen molar-refractivity contribution in [1.82, 2.24) is 14.8 Å². The average molecular weight is 317 g/mol. The fourth-order valence-electron chi connectivity index (χ4n) is 3.76. The first-order valence-electron chi connectivity index (χ1n) is 7.71. The van der Waals surface area contributed by atoms with Gasteiger partial charge in [0.2, 0.25) is 0 Å². The van der Waals surface area contributed by atoms with Crippen molar-refractivity contribution in [3.8, 4) is 0 Å². The van der Waals surface area contributed by atoms with Crippen LogP contribution in [-0.4, -0.2) is 45.9 Å². The van der Waals surface area contributed by atoms with Crippen LogP contribution in [0.1, 0.15) is 34.9 Å². The van der Waals surface area contributed by atoms with Crippen LogP contribution < -0.4 is 0 Å². The highest BCUT2D eigenvalue weighted by atomic mass is 32.1. The van der Waals surface area contributed by atoms with Gasteiger partial charge in [-0.1, -0.05) is 0 Å². The molecule has 0 spiro atoms. The van der Waals surface area contributed by atoms with Gasteiger partial charge in [-0.2, -0.15) is 0 Å². The summed E-state index contributed by atoms with van der Waals surface area (Å²) in [7, 11) is 0. The van der Waals surface area contributed by atoms with Gasteiger partial charge in [-0.15, -0.1) is 11.3 Å². The van der Waals surface area contributed by atoms with Crippen LogP contribution in [0.15, 0.2) is 27.4 Å². The molecule has 0 N–H and O–H groups in total. The summed E-state index contributed by atoms with van der Waals surface area (Å²) in [5.41, 5.74) is 2.31.